The zero-order valence-corrected chi connectivity index (χ0v) is 11.2. The summed E-state index contributed by atoms with van der Waals surface area (Å²) < 4.78 is 0. The standard InChI is InChI=1S/C14H26N2O/c1-11(16-14(2)9-5-6-10-14)13(17)15-12-7-3-4-8-12/h11-12,16H,3-10H2,1-2H3,(H,15,17). The molecule has 3 nitrogen and oxygen atoms in total. The number of nitrogens with one attached hydrogen (secondary N) is 2. The molecule has 2 aliphatic rings. The summed E-state index contributed by atoms with van der Waals surface area (Å²) >= 11 is 0. The Balaban J connectivity index is 1.78. The Bertz CT molecular complexity index is 265. The zero-order chi connectivity index (χ0) is 12.3. The van der Waals surface area contributed by atoms with Crippen LogP contribution in [0.2, 0.25) is 0 Å². The normalized spacial score (nSPS) is 26.0. The highest BCUT2D eigenvalue weighted by Crippen LogP contribution is 2.29. The number of hydrogen-bond donors (Lipinski definition) is 2. The maximum Gasteiger partial charge on any atom is 0.237 e. The first-order chi connectivity index (χ1) is 8.09. The number of hydrogen-bond acceptors (Lipinski definition) is 2. The molecule has 0 heterocycles. The van der Waals surface area contributed by atoms with Gasteiger partial charge in [-0.25, -0.2) is 0 Å². The molecule has 0 aromatic carbocycles. The second-order valence-electron chi connectivity index (χ2n) is 6.12. The van der Waals surface area contributed by atoms with Gasteiger partial charge >= 0.3 is 0 Å². The molecule has 1 atom stereocenters. The Morgan fingerprint density at radius 3 is 2.35 bits per heavy atom. The fraction of sp³-hybridized carbons (Fsp3) is 0.929. The van der Waals surface area contributed by atoms with Gasteiger partial charge in [0.05, 0.1) is 6.04 Å². The average molecular weight is 238 g/mol. The summed E-state index contributed by atoms with van der Waals surface area (Å²) in [7, 11) is 0. The molecule has 2 saturated carbocycles. The van der Waals surface area contributed by atoms with Gasteiger partial charge in [-0.2, -0.15) is 0 Å². The summed E-state index contributed by atoms with van der Waals surface area (Å²) in [6.45, 7) is 4.24. The van der Waals surface area contributed by atoms with E-state index >= 15 is 0 Å². The maximum atomic E-state index is 12.1. The van der Waals surface area contributed by atoms with Gasteiger partial charge in [0.15, 0.2) is 0 Å². The van der Waals surface area contributed by atoms with Crippen LogP contribution >= 0.6 is 0 Å². The van der Waals surface area contributed by atoms with Crippen molar-refractivity contribution < 1.29 is 4.79 Å². The van der Waals surface area contributed by atoms with E-state index in [9.17, 15) is 4.79 Å². The van der Waals surface area contributed by atoms with Crippen LogP contribution in [0, 0.1) is 0 Å². The molecule has 2 fully saturated rings. The monoisotopic (exact) mass is 238 g/mol. The predicted octanol–water partition coefficient (Wildman–Crippen LogP) is 2.36. The molecule has 98 valence electrons. The summed E-state index contributed by atoms with van der Waals surface area (Å²) in [6.07, 6.45) is 9.85. The molecule has 0 aromatic rings. The maximum absolute atomic E-state index is 12.1. The molecule has 0 bridgehead atoms. The Labute approximate surface area is 105 Å². The van der Waals surface area contributed by atoms with Crippen molar-refractivity contribution in [1.82, 2.24) is 10.6 Å². The van der Waals surface area contributed by atoms with Crippen molar-refractivity contribution >= 4 is 5.91 Å². The van der Waals surface area contributed by atoms with Crippen LogP contribution in [0.25, 0.3) is 0 Å². The van der Waals surface area contributed by atoms with Gasteiger partial charge in [-0.3, -0.25) is 4.79 Å². The van der Waals surface area contributed by atoms with Crippen LogP contribution in [0.3, 0.4) is 0 Å². The lowest BCUT2D eigenvalue weighted by Crippen LogP contribution is -2.53. The Kier molecular flexibility index (Phi) is 4.08. The Morgan fingerprint density at radius 1 is 1.18 bits per heavy atom. The Hall–Kier alpha value is -0.570. The van der Waals surface area contributed by atoms with Crippen LogP contribution in [-0.4, -0.2) is 23.5 Å². The second kappa shape index (κ2) is 5.38. The topological polar surface area (TPSA) is 41.1 Å². The first-order valence-corrected chi connectivity index (χ1v) is 7.17. The van der Waals surface area contributed by atoms with E-state index in [1.165, 1.54) is 38.5 Å². The molecule has 1 amide bonds. The van der Waals surface area contributed by atoms with Crippen LogP contribution in [0.1, 0.15) is 65.2 Å². The fourth-order valence-corrected chi connectivity index (χ4v) is 3.28. The van der Waals surface area contributed by atoms with E-state index in [0.29, 0.717) is 6.04 Å². The molecule has 2 aliphatic carbocycles. The van der Waals surface area contributed by atoms with E-state index in [0.717, 1.165) is 12.8 Å². The van der Waals surface area contributed by atoms with Gasteiger partial charge in [-0.05, 0) is 39.5 Å². The molecule has 0 spiro atoms. The molecule has 0 aromatic heterocycles. The predicted molar refractivity (Wildman–Crippen MR) is 69.9 cm³/mol. The Morgan fingerprint density at radius 2 is 1.76 bits per heavy atom. The van der Waals surface area contributed by atoms with Crippen molar-refractivity contribution in [3.8, 4) is 0 Å². The van der Waals surface area contributed by atoms with E-state index in [1.807, 2.05) is 6.92 Å². The molecule has 2 rings (SSSR count). The largest absolute Gasteiger partial charge is 0.352 e. The first-order valence-electron chi connectivity index (χ1n) is 7.17. The van der Waals surface area contributed by atoms with Crippen molar-refractivity contribution in [3.05, 3.63) is 0 Å². The molecular formula is C14H26N2O. The van der Waals surface area contributed by atoms with E-state index in [4.69, 9.17) is 0 Å². The van der Waals surface area contributed by atoms with Gasteiger partial charge in [0.2, 0.25) is 5.91 Å². The minimum atomic E-state index is -0.0568. The zero-order valence-electron chi connectivity index (χ0n) is 11.2. The van der Waals surface area contributed by atoms with E-state index < -0.39 is 0 Å². The number of rotatable bonds is 4. The molecule has 2 N–H and O–H groups in total. The SMILES string of the molecule is CC(NC1(C)CCCC1)C(=O)NC1CCCC1. The van der Waals surface area contributed by atoms with Crippen LogP contribution in [-0.2, 0) is 4.79 Å². The number of carbonyl (C=O) groups excluding carboxylic acids is 1. The van der Waals surface area contributed by atoms with Crippen LogP contribution in [0.5, 0.6) is 0 Å². The third-order valence-corrected chi connectivity index (χ3v) is 4.37. The summed E-state index contributed by atoms with van der Waals surface area (Å²) in [6, 6.07) is 0.377. The summed E-state index contributed by atoms with van der Waals surface area (Å²) in [5.74, 6) is 0.185. The minimum absolute atomic E-state index is 0.0568. The first kappa shape index (κ1) is 12.9. The molecule has 1 unspecified atom stereocenters. The van der Waals surface area contributed by atoms with Crippen LogP contribution < -0.4 is 10.6 Å². The lowest BCUT2D eigenvalue weighted by Gasteiger charge is -2.29. The lowest BCUT2D eigenvalue weighted by atomic mass is 9.99. The summed E-state index contributed by atoms with van der Waals surface area (Å²) in [4.78, 5) is 12.1. The quantitative estimate of drug-likeness (QED) is 0.789. The van der Waals surface area contributed by atoms with Gasteiger partial charge in [-0.1, -0.05) is 25.7 Å². The fourth-order valence-electron chi connectivity index (χ4n) is 3.28. The number of amides is 1. The molecule has 0 radical (unpaired) electrons. The molecule has 17 heavy (non-hydrogen) atoms. The highest BCUT2D eigenvalue weighted by atomic mass is 16.2. The average Bonchev–Trinajstić information content (AvgIpc) is 2.90. The molecular weight excluding hydrogens is 212 g/mol. The second-order valence-corrected chi connectivity index (χ2v) is 6.12. The van der Waals surface area contributed by atoms with Crippen LogP contribution in [0.15, 0.2) is 0 Å². The minimum Gasteiger partial charge on any atom is -0.352 e. The third-order valence-electron chi connectivity index (χ3n) is 4.37. The molecule has 0 saturated heterocycles. The van der Waals surface area contributed by atoms with Crippen molar-refractivity contribution in [1.29, 1.82) is 0 Å². The van der Waals surface area contributed by atoms with Crippen molar-refractivity contribution in [2.45, 2.75) is 82.8 Å². The third kappa shape index (κ3) is 3.44. The smallest absolute Gasteiger partial charge is 0.237 e. The van der Waals surface area contributed by atoms with E-state index in [1.54, 1.807) is 0 Å². The van der Waals surface area contributed by atoms with Gasteiger partial charge in [0.1, 0.15) is 0 Å². The molecule has 0 aliphatic heterocycles. The van der Waals surface area contributed by atoms with Crippen molar-refractivity contribution in [2.75, 3.05) is 0 Å². The summed E-state index contributed by atoms with van der Waals surface area (Å²) in [5, 5.41) is 6.69. The van der Waals surface area contributed by atoms with Gasteiger partial charge in [-0.15, -0.1) is 0 Å². The van der Waals surface area contributed by atoms with Gasteiger partial charge in [0.25, 0.3) is 0 Å². The highest BCUT2D eigenvalue weighted by molar-refractivity contribution is 5.81. The van der Waals surface area contributed by atoms with E-state index in [2.05, 4.69) is 17.6 Å². The van der Waals surface area contributed by atoms with Crippen LogP contribution in [0.4, 0.5) is 0 Å². The van der Waals surface area contributed by atoms with Gasteiger partial charge < -0.3 is 10.6 Å². The highest BCUT2D eigenvalue weighted by Gasteiger charge is 2.31. The van der Waals surface area contributed by atoms with Crippen molar-refractivity contribution in [2.24, 2.45) is 0 Å². The lowest BCUT2D eigenvalue weighted by molar-refractivity contribution is -0.123. The van der Waals surface area contributed by atoms with Gasteiger partial charge in [0, 0.05) is 11.6 Å². The summed E-state index contributed by atoms with van der Waals surface area (Å²) in [5.41, 5.74) is 0.187. The molecule has 3 heteroatoms. The van der Waals surface area contributed by atoms with Crippen molar-refractivity contribution in [3.63, 3.8) is 0 Å². The number of carbonyl (C=O) groups is 1. The van der Waals surface area contributed by atoms with E-state index in [-0.39, 0.29) is 17.5 Å².